The molecule has 1 aromatic heterocycles. The zero-order valence-electron chi connectivity index (χ0n) is 12.2. The number of rotatable bonds is 5. The zero-order valence-corrected chi connectivity index (χ0v) is 12.2. The molecule has 0 aliphatic carbocycles. The van der Waals surface area contributed by atoms with E-state index < -0.39 is 0 Å². The van der Waals surface area contributed by atoms with Gasteiger partial charge >= 0.3 is 0 Å². The maximum absolute atomic E-state index is 5.81. The third kappa shape index (κ3) is 3.49. The van der Waals surface area contributed by atoms with Gasteiger partial charge in [-0.3, -0.25) is 9.67 Å². The topological polar surface area (TPSA) is 51.4 Å². The minimum absolute atomic E-state index is 0.572. The van der Waals surface area contributed by atoms with Crippen LogP contribution in [0.15, 0.2) is 41.7 Å². The summed E-state index contributed by atoms with van der Waals surface area (Å²) < 4.78 is 7.60. The molecule has 0 unspecified atom stereocenters. The largest absolute Gasteiger partial charge is 0.372 e. The van der Waals surface area contributed by atoms with Gasteiger partial charge < -0.3 is 10.1 Å². The molecule has 3 rings (SSSR count). The minimum Gasteiger partial charge on any atom is -0.372 e. The highest BCUT2D eigenvalue weighted by molar-refractivity contribution is 6.00. The average Bonchev–Trinajstić information content (AvgIpc) is 2.94. The quantitative estimate of drug-likeness (QED) is 0.912. The molecule has 5 heteroatoms. The number of hydrogen-bond donors (Lipinski definition) is 1. The van der Waals surface area contributed by atoms with Gasteiger partial charge in [-0.1, -0.05) is 24.3 Å². The van der Waals surface area contributed by atoms with Crippen molar-refractivity contribution < 1.29 is 4.74 Å². The van der Waals surface area contributed by atoms with Crippen molar-refractivity contribution in [3.05, 3.63) is 53.3 Å². The van der Waals surface area contributed by atoms with E-state index in [1.54, 1.807) is 4.68 Å². The second kappa shape index (κ2) is 6.54. The van der Waals surface area contributed by atoms with Gasteiger partial charge in [0.15, 0.2) is 0 Å². The summed E-state index contributed by atoms with van der Waals surface area (Å²) in [6, 6.07) is 8.27. The second-order valence-corrected chi connectivity index (χ2v) is 5.18. The van der Waals surface area contributed by atoms with Crippen molar-refractivity contribution in [2.45, 2.75) is 19.6 Å². The number of amidine groups is 1. The monoisotopic (exact) mass is 284 g/mol. The fraction of sp³-hybridized carbons (Fsp3) is 0.375. The van der Waals surface area contributed by atoms with Gasteiger partial charge in [-0.25, -0.2) is 0 Å². The van der Waals surface area contributed by atoms with E-state index in [-0.39, 0.29) is 0 Å². The standard InChI is InChI=1S/C16H20N4O/c1-20-10-13(9-19-20)11-21-12-14-5-2-3-6-15(14)16-17-7-4-8-18-16/h2-3,5-6,9-10H,4,7-8,11-12H2,1H3,(H,17,18). The molecule has 0 fully saturated rings. The normalized spacial score (nSPS) is 14.6. The average molecular weight is 284 g/mol. The fourth-order valence-electron chi connectivity index (χ4n) is 2.42. The molecule has 0 saturated carbocycles. The molecule has 0 spiro atoms. The Bertz CT molecular complexity index is 633. The van der Waals surface area contributed by atoms with E-state index in [9.17, 15) is 0 Å². The first-order valence-corrected chi connectivity index (χ1v) is 7.25. The van der Waals surface area contributed by atoms with Crippen LogP contribution in [0.3, 0.4) is 0 Å². The fourth-order valence-corrected chi connectivity index (χ4v) is 2.42. The first-order valence-electron chi connectivity index (χ1n) is 7.25. The lowest BCUT2D eigenvalue weighted by molar-refractivity contribution is 0.107. The van der Waals surface area contributed by atoms with Crippen LogP contribution < -0.4 is 5.32 Å². The molecule has 0 bridgehead atoms. The van der Waals surface area contributed by atoms with Crippen molar-refractivity contribution in [2.24, 2.45) is 12.0 Å². The van der Waals surface area contributed by atoms with Crippen molar-refractivity contribution in [2.75, 3.05) is 13.1 Å². The lowest BCUT2D eigenvalue weighted by atomic mass is 10.1. The number of ether oxygens (including phenoxy) is 1. The van der Waals surface area contributed by atoms with Crippen LogP contribution in [0.25, 0.3) is 0 Å². The summed E-state index contributed by atoms with van der Waals surface area (Å²) in [5, 5.41) is 7.51. The predicted octanol–water partition coefficient (Wildman–Crippen LogP) is 1.88. The van der Waals surface area contributed by atoms with E-state index in [1.807, 2.05) is 31.6 Å². The molecule has 1 aromatic carbocycles. The molecule has 1 aliphatic heterocycles. The Morgan fingerprint density at radius 2 is 2.19 bits per heavy atom. The highest BCUT2D eigenvalue weighted by Crippen LogP contribution is 2.13. The van der Waals surface area contributed by atoms with Crippen LogP contribution in [0.5, 0.6) is 0 Å². The molecule has 1 aliphatic rings. The van der Waals surface area contributed by atoms with Gasteiger partial charge in [0, 0.05) is 37.5 Å². The Morgan fingerprint density at radius 3 is 2.95 bits per heavy atom. The Kier molecular flexibility index (Phi) is 4.31. The number of benzene rings is 1. The van der Waals surface area contributed by atoms with E-state index >= 15 is 0 Å². The minimum atomic E-state index is 0.572. The maximum atomic E-state index is 5.81. The smallest absolute Gasteiger partial charge is 0.128 e. The van der Waals surface area contributed by atoms with Crippen molar-refractivity contribution in [3.8, 4) is 0 Å². The molecule has 5 nitrogen and oxygen atoms in total. The molecule has 21 heavy (non-hydrogen) atoms. The summed E-state index contributed by atoms with van der Waals surface area (Å²) in [4.78, 5) is 4.57. The van der Waals surface area contributed by atoms with Crippen LogP contribution in [0.2, 0.25) is 0 Å². The van der Waals surface area contributed by atoms with E-state index in [0.717, 1.165) is 42.0 Å². The van der Waals surface area contributed by atoms with E-state index in [2.05, 4.69) is 27.5 Å². The maximum Gasteiger partial charge on any atom is 0.128 e. The van der Waals surface area contributed by atoms with Crippen molar-refractivity contribution >= 4 is 5.84 Å². The molecule has 2 heterocycles. The SMILES string of the molecule is Cn1cc(COCc2ccccc2C2=NCCCN2)cn1. The predicted molar refractivity (Wildman–Crippen MR) is 82.2 cm³/mol. The van der Waals surface area contributed by atoms with Crippen LogP contribution in [0, 0.1) is 0 Å². The van der Waals surface area contributed by atoms with Crippen LogP contribution in [-0.4, -0.2) is 28.7 Å². The lowest BCUT2D eigenvalue weighted by Crippen LogP contribution is -2.31. The molecule has 0 radical (unpaired) electrons. The van der Waals surface area contributed by atoms with Crippen molar-refractivity contribution in [1.82, 2.24) is 15.1 Å². The van der Waals surface area contributed by atoms with E-state index in [0.29, 0.717) is 13.2 Å². The third-order valence-electron chi connectivity index (χ3n) is 3.45. The van der Waals surface area contributed by atoms with Crippen LogP contribution in [0.1, 0.15) is 23.1 Å². The Labute approximate surface area is 124 Å². The van der Waals surface area contributed by atoms with Crippen molar-refractivity contribution in [1.29, 1.82) is 0 Å². The van der Waals surface area contributed by atoms with Crippen LogP contribution in [0.4, 0.5) is 0 Å². The summed E-state index contributed by atoms with van der Waals surface area (Å²) in [7, 11) is 1.91. The number of aliphatic imine (C=N–C) groups is 1. The number of aryl methyl sites for hydroxylation is 1. The van der Waals surface area contributed by atoms with Gasteiger partial charge in [-0.15, -0.1) is 0 Å². The Balaban J connectivity index is 1.66. The highest BCUT2D eigenvalue weighted by atomic mass is 16.5. The summed E-state index contributed by atoms with van der Waals surface area (Å²) in [5.41, 5.74) is 3.39. The van der Waals surface area contributed by atoms with Gasteiger partial charge in [0.1, 0.15) is 5.84 Å². The van der Waals surface area contributed by atoms with Gasteiger partial charge in [0.05, 0.1) is 19.4 Å². The summed E-state index contributed by atoms with van der Waals surface area (Å²) in [6.45, 7) is 3.03. The van der Waals surface area contributed by atoms with E-state index in [1.165, 1.54) is 0 Å². The number of nitrogens with one attached hydrogen (secondary N) is 1. The van der Waals surface area contributed by atoms with E-state index in [4.69, 9.17) is 4.74 Å². The summed E-state index contributed by atoms with van der Waals surface area (Å²) in [5.74, 6) is 0.988. The number of aromatic nitrogens is 2. The first-order chi connectivity index (χ1) is 10.3. The molecular weight excluding hydrogens is 264 g/mol. The molecule has 0 atom stereocenters. The van der Waals surface area contributed by atoms with Crippen molar-refractivity contribution in [3.63, 3.8) is 0 Å². The Hall–Kier alpha value is -2.14. The molecule has 1 N–H and O–H groups in total. The zero-order chi connectivity index (χ0) is 14.5. The second-order valence-electron chi connectivity index (χ2n) is 5.18. The molecular formula is C16H20N4O. The van der Waals surface area contributed by atoms with Gasteiger partial charge in [-0.2, -0.15) is 5.10 Å². The number of hydrogen-bond acceptors (Lipinski definition) is 4. The Morgan fingerprint density at radius 1 is 1.29 bits per heavy atom. The molecule has 2 aromatic rings. The molecule has 110 valence electrons. The molecule has 0 amide bonds. The van der Waals surface area contributed by atoms with Gasteiger partial charge in [0.2, 0.25) is 0 Å². The van der Waals surface area contributed by atoms with Gasteiger partial charge in [-0.05, 0) is 12.0 Å². The first kappa shape index (κ1) is 13.8. The summed E-state index contributed by atoms with van der Waals surface area (Å²) in [6.07, 6.45) is 4.90. The highest BCUT2D eigenvalue weighted by Gasteiger charge is 2.11. The third-order valence-corrected chi connectivity index (χ3v) is 3.45. The summed E-state index contributed by atoms with van der Waals surface area (Å²) >= 11 is 0. The lowest BCUT2D eigenvalue weighted by Gasteiger charge is -2.17. The van der Waals surface area contributed by atoms with Crippen LogP contribution >= 0.6 is 0 Å². The van der Waals surface area contributed by atoms with Gasteiger partial charge in [0.25, 0.3) is 0 Å². The molecule has 0 saturated heterocycles. The number of nitrogens with zero attached hydrogens (tertiary/aromatic N) is 3. The van der Waals surface area contributed by atoms with Crippen LogP contribution in [-0.2, 0) is 25.0 Å².